The predicted octanol–water partition coefficient (Wildman–Crippen LogP) is 13.9. The molecule has 0 aliphatic carbocycles. The van der Waals surface area contributed by atoms with Gasteiger partial charge in [0.2, 0.25) is 0 Å². The molecule has 12 aromatic carbocycles. The van der Waals surface area contributed by atoms with Crippen molar-refractivity contribution in [2.45, 2.75) is 65.5 Å². The van der Waals surface area contributed by atoms with Crippen LogP contribution in [0.1, 0.15) is 50.7 Å². The number of fused-ring (bicyclic) bond motifs is 6. The van der Waals surface area contributed by atoms with Crippen molar-refractivity contribution in [2.75, 3.05) is 0 Å². The third-order valence-electron chi connectivity index (χ3n) is 13.9. The van der Waals surface area contributed by atoms with Crippen molar-refractivity contribution in [2.24, 2.45) is 0 Å². The van der Waals surface area contributed by atoms with Gasteiger partial charge in [-0.2, -0.15) is 12.1 Å². The quantitative estimate of drug-likeness (QED) is 0.0946. The molecule has 0 saturated carbocycles. The summed E-state index contributed by atoms with van der Waals surface area (Å²) < 4.78 is 0. The Labute approximate surface area is 454 Å². The van der Waals surface area contributed by atoms with Crippen LogP contribution in [0.25, 0.3) is 109 Å². The van der Waals surface area contributed by atoms with Crippen molar-refractivity contribution in [1.82, 2.24) is 0 Å². The van der Waals surface area contributed by atoms with Crippen molar-refractivity contribution >= 4 is 70.1 Å². The molecule has 0 atom stereocenters. The zero-order chi connectivity index (χ0) is 48.0. The molecule has 356 valence electrons. The van der Waals surface area contributed by atoms with E-state index in [9.17, 15) is 0 Å². The summed E-state index contributed by atoms with van der Waals surface area (Å²) in [4.78, 5) is 0. The van der Waals surface area contributed by atoms with Crippen molar-refractivity contribution < 1.29 is 48.1 Å². The number of unbranched alkanes of at least 4 members (excludes halogenated alkanes) is 2. The Kier molecular flexibility index (Phi) is 17.7. The van der Waals surface area contributed by atoms with E-state index in [1.54, 1.807) is 23.3 Å². The van der Waals surface area contributed by atoms with Crippen LogP contribution in [0, 0.1) is 0 Å². The maximum atomic E-state index is 2.44. The number of rotatable bonds is 10. The van der Waals surface area contributed by atoms with Gasteiger partial charge in [-0.3, -0.25) is 0 Å². The maximum absolute atomic E-state index is 2.44. The summed E-state index contributed by atoms with van der Waals surface area (Å²) >= 11 is 1.74. The molecular weight excluding hydrogens is 1010 g/mol. The molecule has 0 bridgehead atoms. The zero-order valence-electron chi connectivity index (χ0n) is 41.8. The van der Waals surface area contributed by atoms with Crippen molar-refractivity contribution in [3.8, 4) is 44.5 Å². The Bertz CT molecular complexity index is 3320. The van der Waals surface area contributed by atoms with Crippen LogP contribution < -0.4 is 24.8 Å². The van der Waals surface area contributed by atoms with Gasteiger partial charge in [0.05, 0.1) is 0 Å². The first-order valence-electron chi connectivity index (χ1n) is 25.3. The molecule has 0 saturated heterocycles. The minimum absolute atomic E-state index is 0. The fraction of sp³-hybridized carbons (Fsp3) is 0.147. The smallest absolute Gasteiger partial charge is 1.00 e. The van der Waals surface area contributed by atoms with E-state index in [0.29, 0.717) is 0 Å². The molecule has 0 unspecified atom stereocenters. The van der Waals surface area contributed by atoms with E-state index in [-0.39, 0.29) is 30.2 Å². The summed E-state index contributed by atoms with van der Waals surface area (Å²) in [5.41, 5.74) is 13.7. The van der Waals surface area contributed by atoms with Crippen LogP contribution in [0.15, 0.2) is 218 Å². The van der Waals surface area contributed by atoms with E-state index in [1.807, 2.05) is 0 Å². The molecule has 0 N–H and O–H groups in total. The van der Waals surface area contributed by atoms with E-state index in [0.717, 1.165) is 12.8 Å². The normalized spacial score (nSPS) is 11.0. The van der Waals surface area contributed by atoms with Crippen LogP contribution in [-0.4, -0.2) is 5.43 Å². The monoisotopic (exact) mass is 1060 g/mol. The maximum Gasteiger partial charge on any atom is -1.00 e. The molecule has 0 nitrogen and oxygen atoms in total. The second-order valence-corrected chi connectivity index (χ2v) is 28.4. The molecule has 0 aliphatic rings. The van der Waals surface area contributed by atoms with E-state index in [4.69, 9.17) is 0 Å². The molecule has 0 heterocycles. The molecule has 72 heavy (non-hydrogen) atoms. The average molecular weight is 1070 g/mol. The fourth-order valence-corrected chi connectivity index (χ4v) is 10.6. The molecule has 0 aliphatic heterocycles. The van der Waals surface area contributed by atoms with Gasteiger partial charge in [0, 0.05) is 0 Å². The molecule has 0 spiro atoms. The van der Waals surface area contributed by atoms with E-state index >= 15 is 0 Å². The number of aryl methyl sites for hydroxylation is 2. The molecule has 12 aromatic rings. The van der Waals surface area contributed by atoms with Gasteiger partial charge in [-0.25, -0.2) is 0 Å². The molecular formula is C68H60Cl2SiZr-2. The minimum atomic E-state index is 0. The molecule has 12 rings (SSSR count). The first-order valence-corrected chi connectivity index (χ1v) is 31.5. The third-order valence-corrected chi connectivity index (χ3v) is 13.9. The molecule has 0 fully saturated rings. The minimum Gasteiger partial charge on any atom is -1.00 e. The molecule has 0 amide bonds. The van der Waals surface area contributed by atoms with Crippen LogP contribution in [-0.2, 0) is 36.2 Å². The number of halogens is 2. The van der Waals surface area contributed by atoms with Gasteiger partial charge < -0.3 is 24.8 Å². The first kappa shape index (κ1) is 52.5. The van der Waals surface area contributed by atoms with Crippen LogP contribution in [0.4, 0.5) is 0 Å². The van der Waals surface area contributed by atoms with Gasteiger partial charge in [-0.1, -0.05) is 267 Å². The summed E-state index contributed by atoms with van der Waals surface area (Å²) in [6.45, 7) is 9.16. The zero-order valence-corrected chi connectivity index (χ0v) is 46.8. The standard InChI is InChI=1S/2C33H27.C2H6Si.2ClH.Zr/c2*1-2-3-10-23-21-32-30(28-17-8-13-24-11-4-6-15-26(24)28)19-20-31(33(32)22-23)29-18-9-14-25-12-5-7-16-27(25)29;1-3-2;;;/h2*4-9,11-22H,2-3,10H2,1H3;1-2H3;2*1H;/q2*-1;;;;+2/p-2. The van der Waals surface area contributed by atoms with Gasteiger partial charge in [-0.05, 0) is 67.1 Å². The van der Waals surface area contributed by atoms with E-state index < -0.39 is 0 Å². The Balaban J connectivity index is 0.000000175. The van der Waals surface area contributed by atoms with Crippen molar-refractivity contribution in [3.63, 3.8) is 0 Å². The third kappa shape index (κ3) is 11.0. The number of benzene rings is 10. The Morgan fingerprint density at radius 2 is 0.583 bits per heavy atom. The summed E-state index contributed by atoms with van der Waals surface area (Å²) in [5, 5.41) is 15.9. The van der Waals surface area contributed by atoms with Crippen LogP contribution >= 0.6 is 0 Å². The fourth-order valence-electron chi connectivity index (χ4n) is 10.6. The predicted molar refractivity (Wildman–Crippen MR) is 306 cm³/mol. The molecule has 0 aromatic heterocycles. The van der Waals surface area contributed by atoms with Gasteiger partial charge >= 0.3 is 41.9 Å². The Morgan fingerprint density at radius 3 is 0.889 bits per heavy atom. The average Bonchev–Trinajstić information content (AvgIpc) is 4.04. The summed E-state index contributed by atoms with van der Waals surface area (Å²) in [5.74, 6) is 0. The van der Waals surface area contributed by atoms with E-state index in [1.165, 1.54) is 146 Å². The Morgan fingerprint density at radius 1 is 0.333 bits per heavy atom. The SMILES string of the molecule is CCCCc1cc2c(-c3cccc4ccccc34)ccc(-c3cccc4ccccc34)c2[cH-]1.CCCCc1cc2c(-c3cccc4ccccc34)ccc(-c3cccc4ccccc34)c2[cH-]1.C[Si](C)=[Zr+2].[Cl-].[Cl-]. The van der Waals surface area contributed by atoms with Crippen LogP contribution in [0.2, 0.25) is 13.1 Å². The van der Waals surface area contributed by atoms with Gasteiger partial charge in [0.1, 0.15) is 0 Å². The summed E-state index contributed by atoms with van der Waals surface area (Å²) in [7, 11) is 0. The van der Waals surface area contributed by atoms with E-state index in [2.05, 4.69) is 245 Å². The Hall–Kier alpha value is -5.86. The first-order chi connectivity index (χ1) is 34.4. The second-order valence-electron chi connectivity index (χ2n) is 19.0. The molecule has 4 heteroatoms. The van der Waals surface area contributed by atoms with Crippen molar-refractivity contribution in [1.29, 1.82) is 0 Å². The topological polar surface area (TPSA) is 0 Å². The number of hydrogen-bond acceptors (Lipinski definition) is 0. The molecule has 0 radical (unpaired) electrons. The van der Waals surface area contributed by atoms with Crippen LogP contribution in [0.3, 0.4) is 0 Å². The van der Waals surface area contributed by atoms with Crippen LogP contribution in [0.5, 0.6) is 0 Å². The largest absolute Gasteiger partial charge is 1.00 e. The second kappa shape index (κ2) is 24.2. The summed E-state index contributed by atoms with van der Waals surface area (Å²) in [6, 6.07) is 80.6. The summed E-state index contributed by atoms with van der Waals surface area (Å²) in [6.07, 6.45) is 7.15. The van der Waals surface area contributed by atoms with Gasteiger partial charge in [0.15, 0.2) is 0 Å². The van der Waals surface area contributed by atoms with Gasteiger partial charge in [-0.15, -0.1) is 44.8 Å². The van der Waals surface area contributed by atoms with Crippen molar-refractivity contribution in [3.05, 3.63) is 230 Å². The number of hydrogen-bond donors (Lipinski definition) is 0. The van der Waals surface area contributed by atoms with Gasteiger partial charge in [0.25, 0.3) is 0 Å².